The van der Waals surface area contributed by atoms with Gasteiger partial charge in [-0.3, -0.25) is 0 Å². The third-order valence-corrected chi connectivity index (χ3v) is 3.80. The van der Waals surface area contributed by atoms with E-state index in [0.717, 1.165) is 26.2 Å². The first-order valence-corrected chi connectivity index (χ1v) is 6.57. The molecule has 0 unspecified atom stereocenters. The first-order chi connectivity index (χ1) is 7.86. The maximum atomic E-state index is 3.88. The molecule has 86 valence electrons. The number of piperazine rings is 1. The third-order valence-electron chi connectivity index (χ3n) is 2.89. The maximum absolute atomic E-state index is 3.88. The van der Waals surface area contributed by atoms with Gasteiger partial charge >= 0.3 is 0 Å². The van der Waals surface area contributed by atoms with E-state index in [2.05, 4.69) is 41.2 Å². The van der Waals surface area contributed by atoms with Gasteiger partial charge in [0.2, 0.25) is 0 Å². The van der Waals surface area contributed by atoms with Gasteiger partial charge in [0, 0.05) is 42.3 Å². The Balaban J connectivity index is 2.25. The van der Waals surface area contributed by atoms with Gasteiger partial charge in [-0.1, -0.05) is 18.7 Å². The van der Waals surface area contributed by atoms with Gasteiger partial charge in [0.05, 0.1) is 0 Å². The molecule has 0 bridgehead atoms. The Morgan fingerprint density at radius 3 is 2.88 bits per heavy atom. The van der Waals surface area contributed by atoms with Gasteiger partial charge < -0.3 is 10.2 Å². The molecule has 0 atom stereocenters. The molecule has 16 heavy (non-hydrogen) atoms. The molecule has 0 spiro atoms. The topological polar surface area (TPSA) is 15.3 Å². The van der Waals surface area contributed by atoms with Crippen molar-refractivity contribution in [2.45, 2.75) is 6.92 Å². The zero-order valence-electron chi connectivity index (χ0n) is 9.70. The van der Waals surface area contributed by atoms with E-state index in [1.54, 1.807) is 11.3 Å². The van der Waals surface area contributed by atoms with Gasteiger partial charge in [-0.15, -0.1) is 11.3 Å². The second-order valence-corrected chi connectivity index (χ2v) is 4.76. The highest BCUT2D eigenvalue weighted by atomic mass is 32.1. The standard InChI is InChI=1S/C13H18N2S/c1-3-12(15-8-6-14-7-9-15)11-5-10-16-13(11)4-2/h3-5,10,14H,2,6-9H2,1H3/b12-3+. The van der Waals surface area contributed by atoms with Gasteiger partial charge in [-0.05, 0) is 18.4 Å². The summed E-state index contributed by atoms with van der Waals surface area (Å²) in [5.74, 6) is 0. The number of nitrogens with one attached hydrogen (secondary N) is 1. The highest BCUT2D eigenvalue weighted by Gasteiger charge is 2.16. The van der Waals surface area contributed by atoms with Crippen LogP contribution in [0.3, 0.4) is 0 Å². The SMILES string of the molecule is C=Cc1sccc1/C(=C\C)N1CCNCC1. The summed E-state index contributed by atoms with van der Waals surface area (Å²) in [4.78, 5) is 3.72. The number of hydrogen-bond acceptors (Lipinski definition) is 3. The Kier molecular flexibility index (Phi) is 3.80. The summed E-state index contributed by atoms with van der Waals surface area (Å²) in [6.45, 7) is 10.3. The first kappa shape index (κ1) is 11.4. The molecule has 1 fully saturated rings. The van der Waals surface area contributed by atoms with Crippen molar-refractivity contribution >= 4 is 23.1 Å². The molecular weight excluding hydrogens is 216 g/mol. The molecule has 2 nitrogen and oxygen atoms in total. The summed E-state index contributed by atoms with van der Waals surface area (Å²) in [6, 6.07) is 2.19. The first-order valence-electron chi connectivity index (χ1n) is 5.69. The summed E-state index contributed by atoms with van der Waals surface area (Å²) in [5.41, 5.74) is 2.67. The molecule has 2 rings (SSSR count). The van der Waals surface area contributed by atoms with Crippen LogP contribution in [0.25, 0.3) is 11.8 Å². The van der Waals surface area contributed by atoms with Crippen LogP contribution < -0.4 is 5.32 Å². The summed E-state index contributed by atoms with van der Waals surface area (Å²) in [7, 11) is 0. The molecule has 3 heteroatoms. The molecule has 0 amide bonds. The van der Waals surface area contributed by atoms with E-state index in [1.807, 2.05) is 6.08 Å². The minimum Gasteiger partial charge on any atom is -0.369 e. The van der Waals surface area contributed by atoms with E-state index in [1.165, 1.54) is 16.1 Å². The second-order valence-electron chi connectivity index (χ2n) is 3.81. The molecule has 0 saturated carbocycles. The average Bonchev–Trinajstić information content (AvgIpc) is 2.80. The second kappa shape index (κ2) is 5.32. The van der Waals surface area contributed by atoms with Crippen LogP contribution in [0, 0.1) is 0 Å². The maximum Gasteiger partial charge on any atom is 0.0411 e. The fourth-order valence-corrected chi connectivity index (χ4v) is 2.85. The summed E-state index contributed by atoms with van der Waals surface area (Å²) < 4.78 is 0. The van der Waals surface area contributed by atoms with Crippen LogP contribution >= 0.6 is 11.3 Å². The molecule has 1 N–H and O–H groups in total. The molecule has 1 aromatic heterocycles. The minimum absolute atomic E-state index is 1.07. The number of hydrogen-bond donors (Lipinski definition) is 1. The van der Waals surface area contributed by atoms with Gasteiger partial charge in [0.25, 0.3) is 0 Å². The number of allylic oxidation sites excluding steroid dienone is 1. The van der Waals surface area contributed by atoms with Crippen LogP contribution in [0.15, 0.2) is 24.1 Å². The van der Waals surface area contributed by atoms with Crippen molar-refractivity contribution in [1.82, 2.24) is 10.2 Å². The summed E-state index contributed by atoms with van der Waals surface area (Å²) >= 11 is 1.76. The Bertz CT molecular complexity index is 386. The quantitative estimate of drug-likeness (QED) is 0.865. The van der Waals surface area contributed by atoms with Crippen molar-refractivity contribution in [2.24, 2.45) is 0 Å². The molecule has 1 saturated heterocycles. The van der Waals surface area contributed by atoms with Crippen LogP contribution in [0.1, 0.15) is 17.4 Å². The van der Waals surface area contributed by atoms with Gasteiger partial charge in [0.15, 0.2) is 0 Å². The van der Waals surface area contributed by atoms with Crippen molar-refractivity contribution in [2.75, 3.05) is 26.2 Å². The normalized spacial score (nSPS) is 17.6. The lowest BCUT2D eigenvalue weighted by molar-refractivity contribution is 0.340. The van der Waals surface area contributed by atoms with Crippen LogP contribution in [-0.4, -0.2) is 31.1 Å². The van der Waals surface area contributed by atoms with E-state index in [9.17, 15) is 0 Å². The van der Waals surface area contributed by atoms with Crippen molar-refractivity contribution in [1.29, 1.82) is 0 Å². The molecule has 1 aliphatic rings. The highest BCUT2D eigenvalue weighted by Crippen LogP contribution is 2.28. The molecule has 1 aromatic rings. The Morgan fingerprint density at radius 2 is 2.25 bits per heavy atom. The van der Waals surface area contributed by atoms with Crippen molar-refractivity contribution in [3.63, 3.8) is 0 Å². The number of rotatable bonds is 3. The van der Waals surface area contributed by atoms with Crippen molar-refractivity contribution in [3.8, 4) is 0 Å². The van der Waals surface area contributed by atoms with Crippen LogP contribution in [0.2, 0.25) is 0 Å². The molecule has 1 aliphatic heterocycles. The largest absolute Gasteiger partial charge is 0.369 e. The predicted molar refractivity (Wildman–Crippen MR) is 72.5 cm³/mol. The zero-order valence-corrected chi connectivity index (χ0v) is 10.5. The predicted octanol–water partition coefficient (Wildman–Crippen LogP) is 2.66. The van der Waals surface area contributed by atoms with Crippen LogP contribution in [0.5, 0.6) is 0 Å². The van der Waals surface area contributed by atoms with Crippen molar-refractivity contribution < 1.29 is 0 Å². The fourth-order valence-electron chi connectivity index (χ4n) is 2.10. The summed E-state index contributed by atoms with van der Waals surface area (Å²) in [6.07, 6.45) is 4.16. The third kappa shape index (κ3) is 2.20. The fraction of sp³-hybridized carbons (Fsp3) is 0.385. The van der Waals surface area contributed by atoms with E-state index >= 15 is 0 Å². The van der Waals surface area contributed by atoms with Gasteiger partial charge in [-0.2, -0.15) is 0 Å². The molecular formula is C13H18N2S. The molecule has 0 aromatic carbocycles. The Hall–Kier alpha value is -1.06. The number of nitrogens with zero attached hydrogens (tertiary/aromatic N) is 1. The molecule has 2 heterocycles. The number of thiophene rings is 1. The molecule has 0 aliphatic carbocycles. The molecule has 0 radical (unpaired) electrons. The Morgan fingerprint density at radius 1 is 1.50 bits per heavy atom. The minimum atomic E-state index is 1.07. The average molecular weight is 234 g/mol. The van der Waals surface area contributed by atoms with Crippen LogP contribution in [0.4, 0.5) is 0 Å². The van der Waals surface area contributed by atoms with E-state index in [-0.39, 0.29) is 0 Å². The Labute approximate surface area is 101 Å². The summed E-state index contributed by atoms with van der Waals surface area (Å²) in [5, 5.41) is 5.52. The van der Waals surface area contributed by atoms with Gasteiger partial charge in [-0.25, -0.2) is 0 Å². The van der Waals surface area contributed by atoms with Crippen LogP contribution in [-0.2, 0) is 0 Å². The van der Waals surface area contributed by atoms with Crippen molar-refractivity contribution in [3.05, 3.63) is 34.5 Å². The lowest BCUT2D eigenvalue weighted by Crippen LogP contribution is -2.42. The van der Waals surface area contributed by atoms with E-state index < -0.39 is 0 Å². The monoisotopic (exact) mass is 234 g/mol. The smallest absolute Gasteiger partial charge is 0.0411 e. The van der Waals surface area contributed by atoms with E-state index in [0.29, 0.717) is 0 Å². The zero-order chi connectivity index (χ0) is 11.4. The lowest BCUT2D eigenvalue weighted by atomic mass is 10.1. The van der Waals surface area contributed by atoms with Gasteiger partial charge in [0.1, 0.15) is 0 Å². The highest BCUT2D eigenvalue weighted by molar-refractivity contribution is 7.11. The lowest BCUT2D eigenvalue weighted by Gasteiger charge is -2.31. The van der Waals surface area contributed by atoms with E-state index in [4.69, 9.17) is 0 Å².